The van der Waals surface area contributed by atoms with Crippen LogP contribution in [0.3, 0.4) is 0 Å². The number of aryl methyl sites for hydroxylation is 2. The number of aliphatic imine (C=N–C) groups is 1. The molecule has 2 rings (SSSR count). The number of furan rings is 1. The normalized spacial score (nSPS) is 17.1. The summed E-state index contributed by atoms with van der Waals surface area (Å²) in [6, 6.07) is 1.88. The summed E-state index contributed by atoms with van der Waals surface area (Å²) in [5.74, 6) is 2.25. The molecular formula is C19H32IN3O3. The van der Waals surface area contributed by atoms with Crippen molar-refractivity contribution in [2.45, 2.75) is 46.1 Å². The molecule has 6 nitrogen and oxygen atoms in total. The van der Waals surface area contributed by atoms with Crippen molar-refractivity contribution in [1.29, 1.82) is 0 Å². The van der Waals surface area contributed by atoms with Gasteiger partial charge in [-0.05, 0) is 46.6 Å². The van der Waals surface area contributed by atoms with E-state index in [0.29, 0.717) is 5.96 Å². The van der Waals surface area contributed by atoms with E-state index in [1.807, 2.05) is 26.8 Å². The lowest BCUT2D eigenvalue weighted by atomic mass is 9.96. The molecule has 1 aliphatic rings. The Labute approximate surface area is 173 Å². The van der Waals surface area contributed by atoms with Gasteiger partial charge in [0.2, 0.25) is 0 Å². The Bertz CT molecular complexity index is 624. The third-order valence-electron chi connectivity index (χ3n) is 4.31. The fourth-order valence-electron chi connectivity index (χ4n) is 2.96. The molecule has 0 fully saturated rings. The van der Waals surface area contributed by atoms with E-state index in [1.54, 1.807) is 6.92 Å². The molecule has 0 bridgehead atoms. The number of nitrogens with one attached hydrogen (secondary N) is 2. The van der Waals surface area contributed by atoms with Gasteiger partial charge in [-0.15, -0.1) is 24.0 Å². The number of halogens is 1. The Morgan fingerprint density at radius 3 is 2.69 bits per heavy atom. The highest BCUT2D eigenvalue weighted by atomic mass is 127. The summed E-state index contributed by atoms with van der Waals surface area (Å²) >= 11 is 0. The Morgan fingerprint density at radius 2 is 2.12 bits per heavy atom. The van der Waals surface area contributed by atoms with Crippen LogP contribution in [0.1, 0.15) is 43.8 Å². The van der Waals surface area contributed by atoms with Crippen molar-refractivity contribution >= 4 is 29.9 Å². The van der Waals surface area contributed by atoms with Crippen molar-refractivity contribution in [1.82, 2.24) is 10.6 Å². The molecule has 0 amide bonds. The van der Waals surface area contributed by atoms with Gasteiger partial charge < -0.3 is 24.9 Å². The molecule has 0 radical (unpaired) electrons. The first kappa shape index (κ1) is 23.0. The predicted molar refractivity (Wildman–Crippen MR) is 115 cm³/mol. The summed E-state index contributed by atoms with van der Waals surface area (Å²) in [4.78, 5) is 4.55. The van der Waals surface area contributed by atoms with Crippen LogP contribution < -0.4 is 10.6 Å². The van der Waals surface area contributed by atoms with E-state index in [-0.39, 0.29) is 30.5 Å². The van der Waals surface area contributed by atoms with Crippen molar-refractivity contribution in [2.24, 2.45) is 4.99 Å². The van der Waals surface area contributed by atoms with Gasteiger partial charge in [0.15, 0.2) is 5.96 Å². The van der Waals surface area contributed by atoms with E-state index < -0.39 is 5.60 Å². The van der Waals surface area contributed by atoms with E-state index in [2.05, 4.69) is 21.7 Å². The lowest BCUT2D eigenvalue weighted by Crippen LogP contribution is -2.39. The molecule has 1 aliphatic heterocycles. The molecule has 0 saturated carbocycles. The highest BCUT2D eigenvalue weighted by molar-refractivity contribution is 14.0. The first-order chi connectivity index (χ1) is 11.9. The second-order valence-electron chi connectivity index (χ2n) is 6.66. The van der Waals surface area contributed by atoms with Gasteiger partial charge in [0, 0.05) is 18.7 Å². The number of ether oxygens (including phenoxy) is 1. The molecule has 0 aromatic carbocycles. The maximum atomic E-state index is 10.8. The maximum Gasteiger partial charge on any atom is 0.191 e. The number of aliphatic hydroxyl groups is 1. The molecule has 1 atom stereocenters. The van der Waals surface area contributed by atoms with Crippen LogP contribution in [0.15, 0.2) is 27.1 Å². The Morgan fingerprint density at radius 1 is 1.35 bits per heavy atom. The Hall–Kier alpha value is -1.06. The maximum absolute atomic E-state index is 10.8. The molecule has 0 spiro atoms. The van der Waals surface area contributed by atoms with Crippen LogP contribution >= 0.6 is 24.0 Å². The standard InChI is InChI=1S/C19H31N3O3.HI/c1-5-20-18(21-9-6-16-7-10-24-11-8-16)22-13-19(4,23)17-12-14(2)25-15(17)3;/h7,12,23H,5-6,8-11,13H2,1-4H3,(H2,20,21,22);1H. The first-order valence-electron chi connectivity index (χ1n) is 9.00. The second kappa shape index (κ2) is 10.9. The molecule has 0 saturated heterocycles. The van der Waals surface area contributed by atoms with E-state index in [0.717, 1.165) is 56.2 Å². The molecule has 2 heterocycles. The van der Waals surface area contributed by atoms with Crippen LogP contribution in [0, 0.1) is 13.8 Å². The number of nitrogens with zero attached hydrogens (tertiary/aromatic N) is 1. The smallest absolute Gasteiger partial charge is 0.191 e. The highest BCUT2D eigenvalue weighted by Gasteiger charge is 2.27. The minimum absolute atomic E-state index is 0. The van der Waals surface area contributed by atoms with Gasteiger partial charge in [0.25, 0.3) is 0 Å². The number of rotatable bonds is 7. The second-order valence-corrected chi connectivity index (χ2v) is 6.66. The van der Waals surface area contributed by atoms with Crippen molar-refractivity contribution in [2.75, 3.05) is 32.8 Å². The summed E-state index contributed by atoms with van der Waals surface area (Å²) in [5, 5.41) is 17.3. The third kappa shape index (κ3) is 6.92. The van der Waals surface area contributed by atoms with Gasteiger partial charge in [-0.1, -0.05) is 11.6 Å². The fourth-order valence-corrected chi connectivity index (χ4v) is 2.96. The van der Waals surface area contributed by atoms with Crippen LogP contribution in [0.4, 0.5) is 0 Å². The minimum Gasteiger partial charge on any atom is -0.466 e. The largest absolute Gasteiger partial charge is 0.466 e. The van der Waals surface area contributed by atoms with Gasteiger partial charge >= 0.3 is 0 Å². The summed E-state index contributed by atoms with van der Waals surface area (Å²) < 4.78 is 10.9. The fraction of sp³-hybridized carbons (Fsp3) is 0.632. The van der Waals surface area contributed by atoms with Crippen molar-refractivity contribution in [3.05, 3.63) is 34.8 Å². The average Bonchev–Trinajstić information content (AvgIpc) is 2.93. The lowest BCUT2D eigenvalue weighted by molar-refractivity contribution is 0.0657. The van der Waals surface area contributed by atoms with Crippen LogP contribution in [-0.4, -0.2) is 43.9 Å². The molecule has 0 aliphatic carbocycles. The molecule has 7 heteroatoms. The van der Waals surface area contributed by atoms with E-state index in [1.165, 1.54) is 5.57 Å². The number of hydrogen-bond acceptors (Lipinski definition) is 4. The average molecular weight is 477 g/mol. The summed E-state index contributed by atoms with van der Waals surface area (Å²) in [6.07, 6.45) is 4.14. The zero-order valence-electron chi connectivity index (χ0n) is 16.2. The number of guanidine groups is 1. The topological polar surface area (TPSA) is 79.0 Å². The van der Waals surface area contributed by atoms with Crippen molar-refractivity contribution in [3.8, 4) is 0 Å². The first-order valence-corrected chi connectivity index (χ1v) is 9.00. The lowest BCUT2D eigenvalue weighted by Gasteiger charge is -2.22. The quantitative estimate of drug-likeness (QED) is 0.244. The Balaban J connectivity index is 0.00000338. The van der Waals surface area contributed by atoms with Gasteiger partial charge in [0.05, 0.1) is 19.8 Å². The van der Waals surface area contributed by atoms with Crippen LogP contribution in [0.2, 0.25) is 0 Å². The Kier molecular flexibility index (Phi) is 9.67. The molecule has 1 aromatic heterocycles. The summed E-state index contributed by atoms with van der Waals surface area (Å²) in [7, 11) is 0. The highest BCUT2D eigenvalue weighted by Crippen LogP contribution is 2.27. The zero-order valence-corrected chi connectivity index (χ0v) is 18.6. The van der Waals surface area contributed by atoms with Gasteiger partial charge in [0.1, 0.15) is 17.1 Å². The molecule has 1 aromatic rings. The monoisotopic (exact) mass is 477 g/mol. The zero-order chi connectivity index (χ0) is 18.3. The molecular weight excluding hydrogens is 445 g/mol. The molecule has 148 valence electrons. The van der Waals surface area contributed by atoms with Crippen LogP contribution in [-0.2, 0) is 10.3 Å². The van der Waals surface area contributed by atoms with Gasteiger partial charge in [-0.2, -0.15) is 0 Å². The van der Waals surface area contributed by atoms with Gasteiger partial charge in [-0.3, -0.25) is 0 Å². The third-order valence-corrected chi connectivity index (χ3v) is 4.31. The summed E-state index contributed by atoms with van der Waals surface area (Å²) in [6.45, 7) is 10.9. The van der Waals surface area contributed by atoms with Crippen molar-refractivity contribution in [3.63, 3.8) is 0 Å². The van der Waals surface area contributed by atoms with Gasteiger partial charge in [-0.25, -0.2) is 4.99 Å². The summed E-state index contributed by atoms with van der Waals surface area (Å²) in [5.41, 5.74) is 1.15. The SMILES string of the molecule is CCNC(=NCC(C)(O)c1cc(C)oc1C)NCCC1=CCOCC1.I. The van der Waals surface area contributed by atoms with E-state index in [4.69, 9.17) is 9.15 Å². The molecule has 3 N–H and O–H groups in total. The van der Waals surface area contributed by atoms with E-state index >= 15 is 0 Å². The van der Waals surface area contributed by atoms with Crippen molar-refractivity contribution < 1.29 is 14.3 Å². The predicted octanol–water partition coefficient (Wildman–Crippen LogP) is 3.01. The van der Waals surface area contributed by atoms with Crippen LogP contribution in [0.25, 0.3) is 0 Å². The van der Waals surface area contributed by atoms with E-state index in [9.17, 15) is 5.11 Å². The molecule has 1 unspecified atom stereocenters. The number of hydrogen-bond donors (Lipinski definition) is 3. The van der Waals surface area contributed by atoms with Crippen LogP contribution in [0.5, 0.6) is 0 Å². The molecule has 26 heavy (non-hydrogen) atoms. The minimum atomic E-state index is -1.06.